The van der Waals surface area contributed by atoms with Gasteiger partial charge in [-0.05, 0) is 42.0 Å². The van der Waals surface area contributed by atoms with Gasteiger partial charge >= 0.3 is 0 Å². The molecule has 2 heterocycles. The highest BCUT2D eigenvalue weighted by Gasteiger charge is 2.34. The third-order valence-corrected chi connectivity index (χ3v) is 6.37. The van der Waals surface area contributed by atoms with Crippen LogP contribution in [0.5, 0.6) is 11.5 Å². The number of thioether (sulfide) groups is 1. The lowest BCUT2D eigenvalue weighted by Crippen LogP contribution is -2.28. The van der Waals surface area contributed by atoms with Crippen LogP contribution >= 0.6 is 11.8 Å². The van der Waals surface area contributed by atoms with E-state index in [4.69, 9.17) is 9.47 Å². The minimum Gasteiger partial charge on any atom is -0.486 e. The minimum absolute atomic E-state index is 0.0492. The van der Waals surface area contributed by atoms with Gasteiger partial charge in [-0.3, -0.25) is 14.5 Å². The Labute approximate surface area is 184 Å². The zero-order chi connectivity index (χ0) is 21.2. The zero-order valence-corrected chi connectivity index (χ0v) is 17.4. The lowest BCUT2D eigenvalue weighted by molar-refractivity contribution is -0.115. The number of ether oxygens (including phenoxy) is 2. The average molecular weight is 433 g/mol. The molecular weight excluding hydrogens is 412 g/mol. The molecule has 2 aliphatic rings. The van der Waals surface area contributed by atoms with Crippen molar-refractivity contribution in [1.29, 1.82) is 0 Å². The van der Waals surface area contributed by atoms with E-state index in [9.17, 15) is 9.59 Å². The van der Waals surface area contributed by atoms with Crippen LogP contribution < -0.4 is 19.7 Å². The number of carbonyl (C=O) groups is 2. The number of carbonyl (C=O) groups excluding carboxylic acids is 2. The molecule has 0 bridgehead atoms. The van der Waals surface area contributed by atoms with Crippen LogP contribution in [-0.2, 0) is 4.79 Å². The Morgan fingerprint density at radius 1 is 0.935 bits per heavy atom. The maximum atomic E-state index is 12.7. The molecule has 3 aromatic carbocycles. The summed E-state index contributed by atoms with van der Waals surface area (Å²) in [6.07, 6.45) is 0. The number of nitrogens with zero attached hydrogens (tertiary/aromatic N) is 1. The lowest BCUT2D eigenvalue weighted by Gasteiger charge is -2.26. The van der Waals surface area contributed by atoms with E-state index in [1.54, 1.807) is 28.8 Å². The number of fused-ring (bicyclic) bond motifs is 1. The van der Waals surface area contributed by atoms with Gasteiger partial charge in [0, 0.05) is 23.0 Å². The number of amides is 2. The smallest absolute Gasteiger partial charge is 0.255 e. The third-order valence-electron chi connectivity index (χ3n) is 5.16. The minimum atomic E-state index is -0.156. The van der Waals surface area contributed by atoms with Gasteiger partial charge in [-0.1, -0.05) is 30.3 Å². The van der Waals surface area contributed by atoms with E-state index in [0.717, 1.165) is 11.3 Å². The first-order valence-corrected chi connectivity index (χ1v) is 11.0. The van der Waals surface area contributed by atoms with Gasteiger partial charge in [-0.2, -0.15) is 0 Å². The highest BCUT2D eigenvalue weighted by Crippen LogP contribution is 2.44. The molecule has 0 saturated carbocycles. The predicted octanol–water partition coefficient (Wildman–Crippen LogP) is 4.49. The van der Waals surface area contributed by atoms with Crippen molar-refractivity contribution in [1.82, 2.24) is 0 Å². The van der Waals surface area contributed by atoms with Crippen LogP contribution in [0, 0.1) is 0 Å². The molecule has 3 aromatic rings. The number of benzene rings is 3. The Balaban J connectivity index is 1.35. The van der Waals surface area contributed by atoms with Crippen molar-refractivity contribution in [2.45, 2.75) is 5.37 Å². The van der Waals surface area contributed by atoms with Crippen LogP contribution in [0.1, 0.15) is 21.3 Å². The first kappa shape index (κ1) is 19.5. The van der Waals surface area contributed by atoms with E-state index in [0.29, 0.717) is 41.7 Å². The topological polar surface area (TPSA) is 67.9 Å². The predicted molar refractivity (Wildman–Crippen MR) is 121 cm³/mol. The highest BCUT2D eigenvalue weighted by molar-refractivity contribution is 8.00. The van der Waals surface area contributed by atoms with Crippen LogP contribution in [0.25, 0.3) is 0 Å². The summed E-state index contributed by atoms with van der Waals surface area (Å²) in [5.41, 5.74) is 3.08. The van der Waals surface area contributed by atoms with Crippen molar-refractivity contribution in [3.63, 3.8) is 0 Å². The molecule has 5 rings (SSSR count). The fourth-order valence-electron chi connectivity index (χ4n) is 3.66. The quantitative estimate of drug-likeness (QED) is 0.658. The summed E-state index contributed by atoms with van der Waals surface area (Å²) in [6.45, 7) is 1.03. The number of nitrogens with one attached hydrogen (secondary N) is 1. The van der Waals surface area contributed by atoms with Crippen LogP contribution in [0.4, 0.5) is 11.4 Å². The second-order valence-electron chi connectivity index (χ2n) is 7.20. The maximum Gasteiger partial charge on any atom is 0.255 e. The molecule has 0 aliphatic carbocycles. The molecule has 1 atom stereocenters. The Kier molecular flexibility index (Phi) is 5.26. The molecule has 2 aliphatic heterocycles. The highest BCUT2D eigenvalue weighted by atomic mass is 32.2. The normalized spacial score (nSPS) is 17.5. The van der Waals surface area contributed by atoms with Crippen LogP contribution in [0.2, 0.25) is 0 Å². The summed E-state index contributed by atoms with van der Waals surface area (Å²) in [5.74, 6) is 1.66. The molecular formula is C24H20N2O4S. The molecule has 1 N–H and O–H groups in total. The van der Waals surface area contributed by atoms with Gasteiger partial charge in [0.15, 0.2) is 11.5 Å². The molecule has 31 heavy (non-hydrogen) atoms. The van der Waals surface area contributed by atoms with Crippen molar-refractivity contribution in [2.24, 2.45) is 0 Å². The van der Waals surface area contributed by atoms with Gasteiger partial charge in [0.2, 0.25) is 5.91 Å². The fourth-order valence-corrected chi connectivity index (χ4v) is 4.83. The Hall–Kier alpha value is -3.45. The maximum absolute atomic E-state index is 12.7. The van der Waals surface area contributed by atoms with Crippen molar-refractivity contribution in [2.75, 3.05) is 29.2 Å². The summed E-state index contributed by atoms with van der Waals surface area (Å²) in [6, 6.07) is 22.3. The second-order valence-corrected chi connectivity index (χ2v) is 8.27. The Morgan fingerprint density at radius 3 is 2.45 bits per heavy atom. The van der Waals surface area contributed by atoms with Gasteiger partial charge in [-0.15, -0.1) is 11.8 Å². The van der Waals surface area contributed by atoms with Gasteiger partial charge in [0.1, 0.15) is 18.6 Å². The molecule has 0 aromatic heterocycles. The molecule has 1 saturated heterocycles. The SMILES string of the molecule is O=C(Nc1ccc(C2SCC(=O)N2c2ccc3c(c2)OCCO3)cc1)c1ccccc1. The van der Waals surface area contributed by atoms with Gasteiger partial charge in [0.25, 0.3) is 5.91 Å². The number of hydrogen-bond acceptors (Lipinski definition) is 5. The van der Waals surface area contributed by atoms with Crippen LogP contribution in [0.3, 0.4) is 0 Å². The van der Waals surface area contributed by atoms with E-state index in [2.05, 4.69) is 5.32 Å². The van der Waals surface area contributed by atoms with E-state index in [1.807, 2.05) is 60.7 Å². The first-order valence-electron chi connectivity index (χ1n) is 9.99. The third kappa shape index (κ3) is 3.96. The van der Waals surface area contributed by atoms with Crippen molar-refractivity contribution >= 4 is 35.0 Å². The van der Waals surface area contributed by atoms with E-state index in [-0.39, 0.29) is 17.2 Å². The standard InChI is InChI=1S/C24H20N2O4S/c27-22-15-31-24(26(22)19-10-11-20-21(14-19)30-13-12-29-20)17-6-8-18(9-7-17)25-23(28)16-4-2-1-3-5-16/h1-11,14,24H,12-13,15H2,(H,25,28). The number of rotatable bonds is 4. The average Bonchev–Trinajstić information content (AvgIpc) is 3.21. The Morgan fingerprint density at radius 2 is 1.68 bits per heavy atom. The largest absolute Gasteiger partial charge is 0.486 e. The summed E-state index contributed by atoms with van der Waals surface area (Å²) in [7, 11) is 0. The molecule has 6 nitrogen and oxygen atoms in total. The first-order chi connectivity index (χ1) is 15.2. The zero-order valence-electron chi connectivity index (χ0n) is 16.6. The summed E-state index contributed by atoms with van der Waals surface area (Å²) < 4.78 is 11.3. The van der Waals surface area contributed by atoms with E-state index >= 15 is 0 Å². The molecule has 1 fully saturated rings. The molecule has 2 amide bonds. The van der Waals surface area contributed by atoms with Crippen molar-refractivity contribution < 1.29 is 19.1 Å². The van der Waals surface area contributed by atoms with E-state index < -0.39 is 0 Å². The molecule has 0 spiro atoms. The molecule has 7 heteroatoms. The molecule has 156 valence electrons. The monoisotopic (exact) mass is 432 g/mol. The van der Waals surface area contributed by atoms with Gasteiger partial charge in [-0.25, -0.2) is 0 Å². The summed E-state index contributed by atoms with van der Waals surface area (Å²) in [5, 5.41) is 2.76. The number of anilines is 2. The molecule has 0 radical (unpaired) electrons. The van der Waals surface area contributed by atoms with Crippen LogP contribution in [0.15, 0.2) is 72.8 Å². The van der Waals surface area contributed by atoms with Gasteiger partial charge < -0.3 is 14.8 Å². The van der Waals surface area contributed by atoms with Crippen molar-refractivity contribution in [3.05, 3.63) is 83.9 Å². The number of hydrogen-bond donors (Lipinski definition) is 1. The van der Waals surface area contributed by atoms with E-state index in [1.165, 1.54) is 0 Å². The van der Waals surface area contributed by atoms with Crippen molar-refractivity contribution in [3.8, 4) is 11.5 Å². The van der Waals surface area contributed by atoms with Crippen LogP contribution in [-0.4, -0.2) is 30.8 Å². The fraction of sp³-hybridized carbons (Fsp3) is 0.167. The summed E-state index contributed by atoms with van der Waals surface area (Å²) in [4.78, 5) is 26.8. The Bertz CT molecular complexity index is 1120. The second kappa shape index (κ2) is 8.35. The molecule has 1 unspecified atom stereocenters. The van der Waals surface area contributed by atoms with Gasteiger partial charge in [0.05, 0.1) is 5.75 Å². The lowest BCUT2D eigenvalue weighted by atomic mass is 10.1. The summed E-state index contributed by atoms with van der Waals surface area (Å²) >= 11 is 1.58.